The fourth-order valence-electron chi connectivity index (χ4n) is 2.70. The topological polar surface area (TPSA) is 52.6 Å². The van der Waals surface area contributed by atoms with E-state index in [0.717, 1.165) is 37.2 Å². The van der Waals surface area contributed by atoms with Crippen LogP contribution in [-0.4, -0.2) is 41.1 Å². The molecule has 1 heterocycles. The Hall–Kier alpha value is -1.39. The summed E-state index contributed by atoms with van der Waals surface area (Å²) >= 11 is 0. The summed E-state index contributed by atoms with van der Waals surface area (Å²) in [6.45, 7) is 8.04. The summed E-state index contributed by atoms with van der Waals surface area (Å²) in [6, 6.07) is 7.95. The van der Waals surface area contributed by atoms with E-state index in [-0.39, 0.29) is 5.91 Å². The molecule has 0 aliphatic carbocycles. The molecule has 0 radical (unpaired) electrons. The summed E-state index contributed by atoms with van der Waals surface area (Å²) in [5.74, 6) is 0.399. The maximum atomic E-state index is 12.2. The Labute approximate surface area is 127 Å². The molecule has 21 heavy (non-hydrogen) atoms. The molecule has 0 atom stereocenters. The second-order valence-corrected chi connectivity index (χ2v) is 6.56. The third-order valence-electron chi connectivity index (χ3n) is 4.16. The summed E-state index contributed by atoms with van der Waals surface area (Å²) in [6.07, 6.45) is 1.45. The van der Waals surface area contributed by atoms with Gasteiger partial charge in [0.25, 0.3) is 0 Å². The van der Waals surface area contributed by atoms with Gasteiger partial charge in [0.05, 0.1) is 12.1 Å². The van der Waals surface area contributed by atoms with E-state index in [2.05, 4.69) is 30.1 Å². The van der Waals surface area contributed by atoms with Crippen molar-refractivity contribution < 1.29 is 9.90 Å². The smallest absolute Gasteiger partial charge is 0.238 e. The van der Waals surface area contributed by atoms with Gasteiger partial charge in [-0.05, 0) is 37.3 Å². The minimum Gasteiger partial charge on any atom is -0.390 e. The van der Waals surface area contributed by atoms with Crippen LogP contribution < -0.4 is 5.32 Å². The highest BCUT2D eigenvalue weighted by Gasteiger charge is 2.28. The molecule has 1 fully saturated rings. The van der Waals surface area contributed by atoms with E-state index in [9.17, 15) is 9.90 Å². The van der Waals surface area contributed by atoms with Gasteiger partial charge in [-0.15, -0.1) is 0 Å². The Morgan fingerprint density at radius 3 is 2.57 bits per heavy atom. The number of rotatable bonds is 4. The van der Waals surface area contributed by atoms with Crippen molar-refractivity contribution in [3.63, 3.8) is 0 Å². The number of amides is 1. The van der Waals surface area contributed by atoms with Gasteiger partial charge in [0.15, 0.2) is 0 Å². The molecule has 1 aromatic carbocycles. The largest absolute Gasteiger partial charge is 0.390 e. The minimum absolute atomic E-state index is 0.0182. The predicted octanol–water partition coefficient (Wildman–Crippen LogP) is 2.60. The third kappa shape index (κ3) is 4.55. The zero-order valence-electron chi connectivity index (χ0n) is 13.2. The average Bonchev–Trinajstić information content (AvgIpc) is 2.41. The predicted molar refractivity (Wildman–Crippen MR) is 85.5 cm³/mol. The van der Waals surface area contributed by atoms with E-state index < -0.39 is 5.60 Å². The van der Waals surface area contributed by atoms with Crippen LogP contribution >= 0.6 is 0 Å². The molecule has 4 heteroatoms. The fraction of sp³-hybridized carbons (Fsp3) is 0.588. The van der Waals surface area contributed by atoms with Crippen molar-refractivity contribution in [2.24, 2.45) is 0 Å². The molecule has 0 spiro atoms. The van der Waals surface area contributed by atoms with Gasteiger partial charge in [-0.2, -0.15) is 0 Å². The van der Waals surface area contributed by atoms with Crippen LogP contribution in [0.4, 0.5) is 5.69 Å². The minimum atomic E-state index is -0.572. The van der Waals surface area contributed by atoms with Crippen molar-refractivity contribution in [1.29, 1.82) is 0 Å². The summed E-state index contributed by atoms with van der Waals surface area (Å²) in [5.41, 5.74) is 1.49. The molecule has 116 valence electrons. The van der Waals surface area contributed by atoms with E-state index in [0.29, 0.717) is 12.5 Å². The number of anilines is 1. The Balaban J connectivity index is 1.91. The zero-order chi connectivity index (χ0) is 15.5. The number of piperidine rings is 1. The Kier molecular flexibility index (Phi) is 5.01. The first-order valence-electron chi connectivity index (χ1n) is 7.71. The standard InChI is InChI=1S/C17H26N2O2/c1-13(2)14-6-4-5-7-15(14)18-16(20)12-19-10-8-17(3,21)9-11-19/h4-7,13,21H,8-12H2,1-3H3,(H,18,20). The average molecular weight is 290 g/mol. The van der Waals surface area contributed by atoms with Gasteiger partial charge >= 0.3 is 0 Å². The van der Waals surface area contributed by atoms with Crippen LogP contribution in [0.2, 0.25) is 0 Å². The highest BCUT2D eigenvalue weighted by Crippen LogP contribution is 2.24. The third-order valence-corrected chi connectivity index (χ3v) is 4.16. The molecule has 0 aromatic heterocycles. The van der Waals surface area contributed by atoms with Crippen molar-refractivity contribution in [2.45, 2.75) is 45.1 Å². The normalized spacial score (nSPS) is 18.7. The lowest BCUT2D eigenvalue weighted by Crippen LogP contribution is -2.45. The molecule has 0 saturated carbocycles. The fourth-order valence-corrected chi connectivity index (χ4v) is 2.70. The lowest BCUT2D eigenvalue weighted by molar-refractivity contribution is -0.118. The van der Waals surface area contributed by atoms with E-state index in [1.54, 1.807) is 0 Å². The number of nitrogens with one attached hydrogen (secondary N) is 1. The summed E-state index contributed by atoms with van der Waals surface area (Å²) in [7, 11) is 0. The number of likely N-dealkylation sites (tertiary alicyclic amines) is 1. The number of carbonyl (C=O) groups is 1. The molecule has 2 N–H and O–H groups in total. The quantitative estimate of drug-likeness (QED) is 0.896. The number of hydrogen-bond donors (Lipinski definition) is 2. The van der Waals surface area contributed by atoms with Crippen LogP contribution in [0.25, 0.3) is 0 Å². The highest BCUT2D eigenvalue weighted by atomic mass is 16.3. The first-order chi connectivity index (χ1) is 9.87. The van der Waals surface area contributed by atoms with Crippen LogP contribution in [-0.2, 0) is 4.79 Å². The van der Waals surface area contributed by atoms with Gasteiger partial charge in [-0.25, -0.2) is 0 Å². The van der Waals surface area contributed by atoms with E-state index in [4.69, 9.17) is 0 Å². The van der Waals surface area contributed by atoms with Crippen molar-refractivity contribution in [3.05, 3.63) is 29.8 Å². The Morgan fingerprint density at radius 1 is 1.33 bits per heavy atom. The first-order valence-corrected chi connectivity index (χ1v) is 7.71. The van der Waals surface area contributed by atoms with Crippen LogP contribution in [0, 0.1) is 0 Å². The molecule has 0 bridgehead atoms. The molecule has 1 amide bonds. The molecule has 0 unspecified atom stereocenters. The maximum absolute atomic E-state index is 12.2. The number of nitrogens with zero attached hydrogens (tertiary/aromatic N) is 1. The van der Waals surface area contributed by atoms with Gasteiger partial charge in [0.1, 0.15) is 0 Å². The van der Waals surface area contributed by atoms with E-state index in [1.807, 2.05) is 25.1 Å². The number of aliphatic hydroxyl groups is 1. The van der Waals surface area contributed by atoms with Crippen LogP contribution in [0.3, 0.4) is 0 Å². The SMILES string of the molecule is CC(C)c1ccccc1NC(=O)CN1CCC(C)(O)CC1. The second-order valence-electron chi connectivity index (χ2n) is 6.56. The molecule has 4 nitrogen and oxygen atoms in total. The molecular weight excluding hydrogens is 264 g/mol. The van der Waals surface area contributed by atoms with Crippen molar-refractivity contribution in [1.82, 2.24) is 4.90 Å². The Bertz CT molecular complexity index is 487. The van der Waals surface area contributed by atoms with Gasteiger partial charge in [0.2, 0.25) is 5.91 Å². The van der Waals surface area contributed by atoms with Crippen molar-refractivity contribution in [2.75, 3.05) is 25.0 Å². The molecular formula is C17H26N2O2. The van der Waals surface area contributed by atoms with Crippen molar-refractivity contribution >= 4 is 11.6 Å². The van der Waals surface area contributed by atoms with Gasteiger partial charge in [0, 0.05) is 18.8 Å². The molecule has 2 rings (SSSR count). The molecule has 1 aromatic rings. The van der Waals surface area contributed by atoms with Crippen LogP contribution in [0.5, 0.6) is 0 Å². The van der Waals surface area contributed by atoms with Crippen LogP contribution in [0.1, 0.15) is 45.1 Å². The number of hydrogen-bond acceptors (Lipinski definition) is 3. The maximum Gasteiger partial charge on any atom is 0.238 e. The van der Waals surface area contributed by atoms with E-state index in [1.165, 1.54) is 0 Å². The lowest BCUT2D eigenvalue weighted by Gasteiger charge is -2.35. The summed E-state index contributed by atoms with van der Waals surface area (Å²) in [4.78, 5) is 14.3. The summed E-state index contributed by atoms with van der Waals surface area (Å²) < 4.78 is 0. The highest BCUT2D eigenvalue weighted by molar-refractivity contribution is 5.93. The first kappa shape index (κ1) is 16.0. The number of carbonyl (C=O) groups excluding carboxylic acids is 1. The lowest BCUT2D eigenvalue weighted by atomic mass is 9.94. The monoisotopic (exact) mass is 290 g/mol. The van der Waals surface area contributed by atoms with Gasteiger partial charge in [-0.3, -0.25) is 9.69 Å². The molecule has 1 aliphatic rings. The Morgan fingerprint density at radius 2 is 1.95 bits per heavy atom. The van der Waals surface area contributed by atoms with Gasteiger partial charge < -0.3 is 10.4 Å². The number of benzene rings is 1. The zero-order valence-corrected chi connectivity index (χ0v) is 13.2. The van der Waals surface area contributed by atoms with Crippen molar-refractivity contribution in [3.8, 4) is 0 Å². The molecule has 1 saturated heterocycles. The van der Waals surface area contributed by atoms with Crippen LogP contribution in [0.15, 0.2) is 24.3 Å². The number of para-hydroxylation sites is 1. The molecule has 1 aliphatic heterocycles. The van der Waals surface area contributed by atoms with Gasteiger partial charge in [-0.1, -0.05) is 32.0 Å². The van der Waals surface area contributed by atoms with E-state index >= 15 is 0 Å². The summed E-state index contributed by atoms with van der Waals surface area (Å²) in [5, 5.41) is 12.9. The second kappa shape index (κ2) is 6.58.